The first-order chi connectivity index (χ1) is 7.11. The Morgan fingerprint density at radius 3 is 3.00 bits per heavy atom. The summed E-state index contributed by atoms with van der Waals surface area (Å²) in [6, 6.07) is 1.66. The molecule has 0 saturated heterocycles. The van der Waals surface area contributed by atoms with Gasteiger partial charge in [0.2, 0.25) is 0 Å². The van der Waals surface area contributed by atoms with Gasteiger partial charge in [-0.15, -0.1) is 0 Å². The minimum absolute atomic E-state index is 0.0828. The topological polar surface area (TPSA) is 71.8 Å². The molecule has 15 heavy (non-hydrogen) atoms. The van der Waals surface area contributed by atoms with Crippen LogP contribution < -0.4 is 11.3 Å². The van der Waals surface area contributed by atoms with Gasteiger partial charge in [0.1, 0.15) is 0 Å². The Labute approximate surface area is 93.7 Å². The van der Waals surface area contributed by atoms with Crippen molar-refractivity contribution in [2.45, 2.75) is 37.9 Å². The van der Waals surface area contributed by atoms with E-state index in [1.807, 2.05) is 6.92 Å². The Morgan fingerprint density at radius 1 is 1.67 bits per heavy atom. The van der Waals surface area contributed by atoms with Gasteiger partial charge in [-0.2, -0.15) is 0 Å². The minimum Gasteiger partial charge on any atom is -0.327 e. The van der Waals surface area contributed by atoms with Crippen LogP contribution in [0.25, 0.3) is 0 Å². The first kappa shape index (κ1) is 12.3. The fourth-order valence-electron chi connectivity index (χ4n) is 1.15. The monoisotopic (exact) mass is 227 g/mol. The molecule has 0 aliphatic rings. The summed E-state index contributed by atoms with van der Waals surface area (Å²) in [5.74, 6) is 0.762. The third kappa shape index (κ3) is 4.48. The molecule has 5 heteroatoms. The van der Waals surface area contributed by atoms with Crippen molar-refractivity contribution in [3.63, 3.8) is 0 Å². The zero-order valence-corrected chi connectivity index (χ0v) is 9.93. The van der Waals surface area contributed by atoms with Crippen molar-refractivity contribution >= 4 is 11.8 Å². The van der Waals surface area contributed by atoms with Crippen molar-refractivity contribution in [1.29, 1.82) is 0 Å². The average Bonchev–Trinajstić information content (AvgIpc) is 2.14. The lowest BCUT2D eigenvalue weighted by Crippen LogP contribution is -2.18. The second kappa shape index (κ2) is 5.92. The van der Waals surface area contributed by atoms with Crippen LogP contribution >= 0.6 is 11.8 Å². The number of nitrogens with two attached hydrogens (primary N) is 1. The molecule has 84 valence electrons. The van der Waals surface area contributed by atoms with Crippen LogP contribution in [0.1, 0.15) is 26.0 Å². The Kier molecular flexibility index (Phi) is 4.84. The fraction of sp³-hybridized carbons (Fsp3) is 0.600. The van der Waals surface area contributed by atoms with Crippen LogP contribution in [0.3, 0.4) is 0 Å². The summed E-state index contributed by atoms with van der Waals surface area (Å²) in [7, 11) is 0. The van der Waals surface area contributed by atoms with Gasteiger partial charge in [-0.3, -0.25) is 4.79 Å². The number of aromatic nitrogens is 2. The van der Waals surface area contributed by atoms with Gasteiger partial charge in [-0.1, -0.05) is 25.1 Å². The molecule has 0 saturated carbocycles. The highest BCUT2D eigenvalue weighted by Crippen LogP contribution is 2.12. The summed E-state index contributed by atoms with van der Waals surface area (Å²) in [4.78, 5) is 18.3. The maximum Gasteiger partial charge on any atom is 0.251 e. The Morgan fingerprint density at radius 2 is 2.40 bits per heavy atom. The van der Waals surface area contributed by atoms with Crippen molar-refractivity contribution in [2.75, 3.05) is 5.75 Å². The van der Waals surface area contributed by atoms with E-state index in [0.29, 0.717) is 5.16 Å². The third-order valence-electron chi connectivity index (χ3n) is 1.76. The quantitative estimate of drug-likeness (QED) is 0.585. The molecule has 0 radical (unpaired) electrons. The summed E-state index contributed by atoms with van der Waals surface area (Å²) in [6.07, 6.45) is 1.84. The van der Waals surface area contributed by atoms with Gasteiger partial charge in [0, 0.05) is 23.6 Å². The van der Waals surface area contributed by atoms with Gasteiger partial charge in [0.25, 0.3) is 5.56 Å². The lowest BCUT2D eigenvalue weighted by molar-refractivity contribution is 0.807. The molecule has 0 bridgehead atoms. The number of hydrogen-bond acceptors (Lipinski definition) is 4. The van der Waals surface area contributed by atoms with Crippen molar-refractivity contribution in [3.8, 4) is 0 Å². The highest BCUT2D eigenvalue weighted by molar-refractivity contribution is 7.99. The van der Waals surface area contributed by atoms with E-state index in [-0.39, 0.29) is 11.6 Å². The summed E-state index contributed by atoms with van der Waals surface area (Å²) in [5.41, 5.74) is 6.41. The van der Waals surface area contributed by atoms with Crippen LogP contribution in [0.2, 0.25) is 0 Å². The number of H-pyrrole nitrogens is 1. The van der Waals surface area contributed by atoms with Crippen molar-refractivity contribution in [1.82, 2.24) is 9.97 Å². The zero-order chi connectivity index (χ0) is 11.3. The number of aromatic amines is 1. The normalized spacial score (nSPS) is 12.7. The van der Waals surface area contributed by atoms with Crippen molar-refractivity contribution < 1.29 is 0 Å². The summed E-state index contributed by atoms with van der Waals surface area (Å²) < 4.78 is 0. The summed E-state index contributed by atoms with van der Waals surface area (Å²) in [5, 5.41) is 0.670. The number of nitrogens with zero attached hydrogens (tertiary/aromatic N) is 1. The zero-order valence-electron chi connectivity index (χ0n) is 9.12. The van der Waals surface area contributed by atoms with Crippen LogP contribution in [0.4, 0.5) is 0 Å². The van der Waals surface area contributed by atoms with Gasteiger partial charge >= 0.3 is 0 Å². The molecular formula is C10H17N3OS. The Bertz CT molecular complexity index is 362. The predicted molar refractivity (Wildman–Crippen MR) is 63.2 cm³/mol. The molecule has 1 aromatic heterocycles. The van der Waals surface area contributed by atoms with Crippen LogP contribution in [0, 0.1) is 0 Å². The fourth-order valence-corrected chi connectivity index (χ4v) is 1.92. The molecule has 1 rings (SSSR count). The Balaban J connectivity index is 2.75. The van der Waals surface area contributed by atoms with Crippen LogP contribution in [-0.2, 0) is 6.42 Å². The number of thioether (sulfide) groups is 1. The van der Waals surface area contributed by atoms with Gasteiger partial charge in [-0.05, 0) is 13.3 Å². The molecule has 4 nitrogen and oxygen atoms in total. The first-order valence-electron chi connectivity index (χ1n) is 5.10. The van der Waals surface area contributed by atoms with Gasteiger partial charge < -0.3 is 10.7 Å². The molecule has 0 spiro atoms. The highest BCUT2D eigenvalue weighted by Gasteiger charge is 2.02. The van der Waals surface area contributed by atoms with Crippen molar-refractivity contribution in [3.05, 3.63) is 22.1 Å². The molecule has 0 aromatic carbocycles. The minimum atomic E-state index is -0.0828. The third-order valence-corrected chi connectivity index (χ3v) is 2.92. The van der Waals surface area contributed by atoms with Crippen molar-refractivity contribution in [2.24, 2.45) is 5.73 Å². The average molecular weight is 227 g/mol. The second-order valence-electron chi connectivity index (χ2n) is 3.58. The predicted octanol–water partition coefficient (Wildman–Crippen LogP) is 1.16. The standard InChI is InChI=1S/C10H17N3OS/c1-3-4-8-5-9(14)13-10(12-8)15-6-7(2)11/h5,7H,3-4,6,11H2,1-2H3,(H,12,13,14)/t7-/m1/s1. The van der Waals surface area contributed by atoms with Crippen LogP contribution in [0.15, 0.2) is 16.0 Å². The molecule has 0 aliphatic heterocycles. The number of nitrogens with one attached hydrogen (secondary N) is 1. The van der Waals surface area contributed by atoms with E-state index in [1.54, 1.807) is 6.07 Å². The number of rotatable bonds is 5. The molecular weight excluding hydrogens is 210 g/mol. The SMILES string of the molecule is CCCc1cc(=O)[nH]c(SC[C@@H](C)N)n1. The summed E-state index contributed by atoms with van der Waals surface area (Å²) >= 11 is 1.49. The number of aryl methyl sites for hydroxylation is 1. The lowest BCUT2D eigenvalue weighted by atomic mass is 10.2. The number of hydrogen-bond donors (Lipinski definition) is 2. The molecule has 1 aromatic rings. The molecule has 0 fully saturated rings. The first-order valence-corrected chi connectivity index (χ1v) is 6.09. The molecule has 1 heterocycles. The largest absolute Gasteiger partial charge is 0.327 e. The molecule has 3 N–H and O–H groups in total. The van der Waals surface area contributed by atoms with E-state index in [1.165, 1.54) is 11.8 Å². The van der Waals surface area contributed by atoms with Gasteiger partial charge in [0.15, 0.2) is 5.16 Å². The molecule has 1 atom stereocenters. The van der Waals surface area contributed by atoms with Crippen LogP contribution in [-0.4, -0.2) is 21.8 Å². The highest BCUT2D eigenvalue weighted by atomic mass is 32.2. The lowest BCUT2D eigenvalue weighted by Gasteiger charge is -2.05. The maximum atomic E-state index is 11.3. The molecule has 0 unspecified atom stereocenters. The van der Waals surface area contributed by atoms with E-state index in [0.717, 1.165) is 24.3 Å². The van der Waals surface area contributed by atoms with Crippen LogP contribution in [0.5, 0.6) is 0 Å². The van der Waals surface area contributed by atoms with E-state index in [9.17, 15) is 4.79 Å². The van der Waals surface area contributed by atoms with Gasteiger partial charge in [0.05, 0.1) is 0 Å². The molecule has 0 amide bonds. The maximum absolute atomic E-state index is 11.3. The summed E-state index contributed by atoms with van der Waals surface area (Å²) in [6.45, 7) is 4.00. The van der Waals surface area contributed by atoms with E-state index in [4.69, 9.17) is 5.73 Å². The smallest absolute Gasteiger partial charge is 0.251 e. The Hall–Kier alpha value is -0.810. The van der Waals surface area contributed by atoms with E-state index < -0.39 is 0 Å². The van der Waals surface area contributed by atoms with E-state index >= 15 is 0 Å². The molecule has 0 aliphatic carbocycles. The van der Waals surface area contributed by atoms with Gasteiger partial charge in [-0.25, -0.2) is 4.98 Å². The second-order valence-corrected chi connectivity index (χ2v) is 4.59. The van der Waals surface area contributed by atoms with E-state index in [2.05, 4.69) is 16.9 Å².